The van der Waals surface area contributed by atoms with Crippen molar-refractivity contribution >= 4 is 0 Å². The van der Waals surface area contributed by atoms with E-state index in [1.165, 1.54) is 0 Å². The van der Waals surface area contributed by atoms with Gasteiger partial charge in [0.1, 0.15) is 5.66 Å². The normalized spacial score (nSPS) is 36.6. The molecule has 11 heavy (non-hydrogen) atoms. The fourth-order valence-corrected chi connectivity index (χ4v) is 1.11. The van der Waals surface area contributed by atoms with Crippen molar-refractivity contribution in [2.75, 3.05) is 14.1 Å². The van der Waals surface area contributed by atoms with Gasteiger partial charge in [-0.25, -0.2) is 0 Å². The molecule has 62 valence electrons. The molecule has 4 N–H and O–H groups in total. The van der Waals surface area contributed by atoms with E-state index in [4.69, 9.17) is 11.5 Å². The number of hydrogen-bond acceptors (Lipinski definition) is 3. The lowest BCUT2D eigenvalue weighted by molar-refractivity contribution is 0.194. The van der Waals surface area contributed by atoms with Gasteiger partial charge in [0, 0.05) is 0 Å². The summed E-state index contributed by atoms with van der Waals surface area (Å²) in [5.74, 6) is 0. The number of hydrogen-bond donors (Lipinski definition) is 2. The van der Waals surface area contributed by atoms with Crippen molar-refractivity contribution in [3.63, 3.8) is 0 Å². The average Bonchev–Trinajstić information content (AvgIpc) is 1.95. The van der Waals surface area contributed by atoms with Crippen LogP contribution in [-0.2, 0) is 0 Å². The first kappa shape index (κ1) is 8.46. The van der Waals surface area contributed by atoms with Crippen LogP contribution in [-0.4, -0.2) is 30.7 Å². The molecule has 3 nitrogen and oxygen atoms in total. The highest BCUT2D eigenvalue weighted by Gasteiger charge is 2.31. The first-order valence-corrected chi connectivity index (χ1v) is 3.65. The minimum atomic E-state index is -0.519. The molecule has 1 aliphatic rings. The quantitative estimate of drug-likeness (QED) is 0.507. The molecule has 0 aromatic carbocycles. The number of likely N-dealkylation sites (N-methyl/N-ethyl adjacent to an activating group) is 1. The Hall–Kier alpha value is -0.640. The largest absolute Gasteiger partial charge is 0.322 e. The van der Waals surface area contributed by atoms with Gasteiger partial charge in [-0.05, 0) is 20.2 Å². The molecule has 1 rings (SSSR count). The van der Waals surface area contributed by atoms with Crippen molar-refractivity contribution in [3.05, 3.63) is 24.3 Å². The van der Waals surface area contributed by atoms with E-state index in [0.717, 1.165) is 0 Å². The summed E-state index contributed by atoms with van der Waals surface area (Å²) in [6, 6.07) is -0.123. The first-order valence-electron chi connectivity index (χ1n) is 3.65. The molecule has 0 radical (unpaired) electrons. The Morgan fingerprint density at radius 2 is 2.00 bits per heavy atom. The molecule has 0 bridgehead atoms. The predicted molar refractivity (Wildman–Crippen MR) is 46.9 cm³/mol. The molecule has 1 aliphatic carbocycles. The van der Waals surface area contributed by atoms with Crippen molar-refractivity contribution in [2.24, 2.45) is 11.5 Å². The third-order valence-corrected chi connectivity index (χ3v) is 2.10. The smallest absolute Gasteiger partial charge is 0.107 e. The van der Waals surface area contributed by atoms with Gasteiger partial charge in [0.15, 0.2) is 0 Å². The maximum Gasteiger partial charge on any atom is 0.107 e. The van der Waals surface area contributed by atoms with Crippen LogP contribution in [0.15, 0.2) is 24.3 Å². The van der Waals surface area contributed by atoms with Crippen LogP contribution in [0.25, 0.3) is 0 Å². The van der Waals surface area contributed by atoms with E-state index in [1.807, 2.05) is 43.3 Å². The number of nitrogens with two attached hydrogens (primary N) is 2. The van der Waals surface area contributed by atoms with Gasteiger partial charge < -0.3 is 11.5 Å². The van der Waals surface area contributed by atoms with Gasteiger partial charge in [0.05, 0.1) is 6.04 Å². The summed E-state index contributed by atoms with van der Waals surface area (Å²) < 4.78 is 0. The van der Waals surface area contributed by atoms with Crippen LogP contribution in [0.2, 0.25) is 0 Å². The van der Waals surface area contributed by atoms with E-state index in [-0.39, 0.29) is 6.04 Å². The summed E-state index contributed by atoms with van der Waals surface area (Å²) in [5, 5.41) is 0. The second kappa shape index (κ2) is 2.77. The van der Waals surface area contributed by atoms with E-state index in [0.29, 0.717) is 0 Å². The minimum absolute atomic E-state index is 0.123. The highest BCUT2D eigenvalue weighted by Crippen LogP contribution is 2.15. The molecule has 0 heterocycles. The van der Waals surface area contributed by atoms with Crippen molar-refractivity contribution in [2.45, 2.75) is 11.7 Å². The molecular weight excluding hydrogens is 138 g/mol. The molecule has 0 saturated heterocycles. The Bertz CT molecular complexity index is 196. The fourth-order valence-electron chi connectivity index (χ4n) is 1.11. The van der Waals surface area contributed by atoms with Gasteiger partial charge in [0.25, 0.3) is 0 Å². The van der Waals surface area contributed by atoms with Crippen LogP contribution in [0.1, 0.15) is 0 Å². The van der Waals surface area contributed by atoms with Crippen LogP contribution in [0.3, 0.4) is 0 Å². The lowest BCUT2D eigenvalue weighted by Crippen LogP contribution is -2.62. The summed E-state index contributed by atoms with van der Waals surface area (Å²) in [5.41, 5.74) is 11.3. The molecular formula is C8H15N3. The van der Waals surface area contributed by atoms with E-state index in [1.54, 1.807) is 0 Å². The van der Waals surface area contributed by atoms with Crippen molar-refractivity contribution in [1.82, 2.24) is 4.90 Å². The zero-order valence-electron chi connectivity index (χ0n) is 6.99. The third kappa shape index (κ3) is 1.35. The highest BCUT2D eigenvalue weighted by molar-refractivity contribution is 5.24. The molecule has 0 saturated carbocycles. The maximum absolute atomic E-state index is 6.01. The van der Waals surface area contributed by atoms with E-state index in [9.17, 15) is 0 Å². The SMILES string of the molecule is CN(C)C1(N)C=CC=CC1N. The summed E-state index contributed by atoms with van der Waals surface area (Å²) in [4.78, 5) is 1.91. The highest BCUT2D eigenvalue weighted by atomic mass is 15.2. The van der Waals surface area contributed by atoms with E-state index in [2.05, 4.69) is 0 Å². The number of nitrogens with zero attached hydrogens (tertiary/aromatic N) is 1. The standard InChI is InChI=1S/C8H15N3/c1-11(2)8(10)6-4-3-5-7(8)9/h3-7H,9-10H2,1-2H3. The monoisotopic (exact) mass is 153 g/mol. The molecule has 0 aromatic rings. The summed E-state index contributed by atoms with van der Waals surface area (Å²) in [7, 11) is 3.84. The Balaban J connectivity index is 2.85. The molecule has 2 atom stereocenters. The zero-order chi connectivity index (χ0) is 8.48. The number of rotatable bonds is 1. The molecule has 0 aliphatic heterocycles. The van der Waals surface area contributed by atoms with Gasteiger partial charge in [-0.1, -0.05) is 18.2 Å². The molecule has 3 heteroatoms. The third-order valence-electron chi connectivity index (χ3n) is 2.10. The van der Waals surface area contributed by atoms with Gasteiger partial charge in [0.2, 0.25) is 0 Å². The Labute approximate surface area is 67.3 Å². The Morgan fingerprint density at radius 3 is 2.36 bits per heavy atom. The van der Waals surface area contributed by atoms with Crippen LogP contribution in [0.5, 0.6) is 0 Å². The molecule has 0 spiro atoms. The summed E-state index contributed by atoms with van der Waals surface area (Å²) >= 11 is 0. The molecule has 0 aromatic heterocycles. The molecule has 0 fully saturated rings. The van der Waals surface area contributed by atoms with E-state index >= 15 is 0 Å². The zero-order valence-corrected chi connectivity index (χ0v) is 6.99. The Morgan fingerprint density at radius 1 is 1.36 bits per heavy atom. The second-order valence-corrected chi connectivity index (χ2v) is 3.05. The fraction of sp³-hybridized carbons (Fsp3) is 0.500. The Kier molecular flexibility index (Phi) is 2.13. The topological polar surface area (TPSA) is 55.3 Å². The van der Waals surface area contributed by atoms with Crippen LogP contribution in [0, 0.1) is 0 Å². The van der Waals surface area contributed by atoms with Crippen LogP contribution < -0.4 is 11.5 Å². The van der Waals surface area contributed by atoms with Gasteiger partial charge in [-0.2, -0.15) is 0 Å². The molecule has 2 unspecified atom stereocenters. The molecule has 0 amide bonds. The van der Waals surface area contributed by atoms with Gasteiger partial charge in [-0.15, -0.1) is 0 Å². The second-order valence-electron chi connectivity index (χ2n) is 3.05. The van der Waals surface area contributed by atoms with E-state index < -0.39 is 5.66 Å². The first-order chi connectivity index (χ1) is 5.07. The maximum atomic E-state index is 6.01. The van der Waals surface area contributed by atoms with Crippen LogP contribution >= 0.6 is 0 Å². The van der Waals surface area contributed by atoms with Gasteiger partial charge in [-0.3, -0.25) is 4.90 Å². The average molecular weight is 153 g/mol. The lowest BCUT2D eigenvalue weighted by atomic mass is 9.96. The predicted octanol–water partition coefficient (Wildman–Crippen LogP) is -0.344. The minimum Gasteiger partial charge on any atom is -0.322 e. The van der Waals surface area contributed by atoms with Crippen molar-refractivity contribution < 1.29 is 0 Å². The van der Waals surface area contributed by atoms with Crippen molar-refractivity contribution in [3.8, 4) is 0 Å². The summed E-state index contributed by atoms with van der Waals surface area (Å²) in [6.07, 6.45) is 7.65. The summed E-state index contributed by atoms with van der Waals surface area (Å²) in [6.45, 7) is 0. The lowest BCUT2D eigenvalue weighted by Gasteiger charge is -2.38. The van der Waals surface area contributed by atoms with Gasteiger partial charge >= 0.3 is 0 Å². The van der Waals surface area contributed by atoms with Crippen LogP contribution in [0.4, 0.5) is 0 Å². The van der Waals surface area contributed by atoms with Crippen molar-refractivity contribution in [1.29, 1.82) is 0 Å². The number of allylic oxidation sites excluding steroid dienone is 2.